The van der Waals surface area contributed by atoms with Crippen LogP contribution in [-0.4, -0.2) is 36.0 Å². The molecule has 2 aliphatic carbocycles. The maximum absolute atomic E-state index is 12.5. The first-order chi connectivity index (χ1) is 13.4. The smallest absolute Gasteiger partial charge is 0.305 e. The van der Waals surface area contributed by atoms with E-state index in [-0.39, 0.29) is 52.8 Å². The van der Waals surface area contributed by atoms with Gasteiger partial charge in [0.2, 0.25) is 0 Å². The van der Waals surface area contributed by atoms with Gasteiger partial charge < -0.3 is 14.6 Å². The van der Waals surface area contributed by atoms with E-state index in [2.05, 4.69) is 20.8 Å². The third-order valence-corrected chi connectivity index (χ3v) is 7.89. The Morgan fingerprint density at radius 3 is 2.48 bits per heavy atom. The molecule has 0 aromatic heterocycles. The number of hydrogen-bond acceptors (Lipinski definition) is 6. The molecule has 6 nitrogen and oxygen atoms in total. The molecule has 1 fully saturated rings. The van der Waals surface area contributed by atoms with E-state index in [9.17, 15) is 19.5 Å². The molecule has 1 saturated carbocycles. The second-order valence-electron chi connectivity index (χ2n) is 9.64. The Hall–Kier alpha value is -1.85. The maximum Gasteiger partial charge on any atom is 0.305 e. The van der Waals surface area contributed by atoms with Crippen molar-refractivity contribution in [3.8, 4) is 0 Å². The SMILES string of the molecule is COC(=O)CC(C)CCC1(C)C(C)C(OC(C)=O)CC2(C)C(C)=C(O)C(=O)CC21. The first-order valence-corrected chi connectivity index (χ1v) is 10.5. The summed E-state index contributed by atoms with van der Waals surface area (Å²) in [5.41, 5.74) is -0.0169. The fraction of sp³-hybridized carbons (Fsp3) is 0.783. The summed E-state index contributed by atoms with van der Waals surface area (Å²) in [6, 6.07) is 0. The molecular formula is C23H36O6. The number of hydrogen-bond donors (Lipinski definition) is 1. The average molecular weight is 409 g/mol. The number of allylic oxidation sites excluding steroid dienone is 2. The van der Waals surface area contributed by atoms with Crippen molar-refractivity contribution in [3.63, 3.8) is 0 Å². The van der Waals surface area contributed by atoms with Gasteiger partial charge in [-0.2, -0.15) is 0 Å². The number of carbonyl (C=O) groups excluding carboxylic acids is 3. The molecule has 2 rings (SSSR count). The van der Waals surface area contributed by atoms with Crippen LogP contribution in [0.1, 0.15) is 73.6 Å². The van der Waals surface area contributed by atoms with Crippen molar-refractivity contribution in [3.05, 3.63) is 11.3 Å². The maximum atomic E-state index is 12.5. The van der Waals surface area contributed by atoms with Crippen LogP contribution in [0.4, 0.5) is 0 Å². The standard InChI is InChI=1S/C23H36O6/c1-13(10-20(26)28-7)8-9-22(5)14(2)18(29-16(4)24)12-23(6)15(3)21(27)17(25)11-19(22)23/h13-14,18-19,27H,8-12H2,1-7H3. The molecule has 0 aliphatic heterocycles. The number of ketones is 1. The lowest BCUT2D eigenvalue weighted by Gasteiger charge is -2.59. The van der Waals surface area contributed by atoms with Crippen LogP contribution in [0.5, 0.6) is 0 Å². The zero-order valence-corrected chi connectivity index (χ0v) is 18.8. The van der Waals surface area contributed by atoms with Gasteiger partial charge in [0.15, 0.2) is 11.5 Å². The molecule has 0 spiro atoms. The van der Waals surface area contributed by atoms with Crippen molar-refractivity contribution in [1.82, 2.24) is 0 Å². The summed E-state index contributed by atoms with van der Waals surface area (Å²) < 4.78 is 10.5. The van der Waals surface area contributed by atoms with Gasteiger partial charge in [0.05, 0.1) is 7.11 Å². The minimum Gasteiger partial charge on any atom is -0.504 e. The molecule has 6 unspecified atom stereocenters. The normalized spacial score (nSPS) is 35.7. The van der Waals surface area contributed by atoms with Crippen LogP contribution in [0.25, 0.3) is 0 Å². The predicted octanol–water partition coefficient (Wildman–Crippen LogP) is 4.37. The summed E-state index contributed by atoms with van der Waals surface area (Å²) in [6.45, 7) is 11.6. The molecule has 0 saturated heterocycles. The van der Waals surface area contributed by atoms with E-state index in [1.54, 1.807) is 0 Å². The Morgan fingerprint density at radius 2 is 1.93 bits per heavy atom. The van der Waals surface area contributed by atoms with Crippen LogP contribution in [0.2, 0.25) is 0 Å². The quantitative estimate of drug-likeness (QED) is 0.656. The van der Waals surface area contributed by atoms with Gasteiger partial charge in [-0.1, -0.05) is 27.7 Å². The number of aliphatic hydroxyl groups is 1. The second kappa shape index (κ2) is 8.49. The van der Waals surface area contributed by atoms with Gasteiger partial charge in [0.1, 0.15) is 6.10 Å². The zero-order valence-electron chi connectivity index (χ0n) is 18.8. The van der Waals surface area contributed by atoms with Crippen LogP contribution in [0, 0.1) is 28.6 Å². The summed E-state index contributed by atoms with van der Waals surface area (Å²) in [7, 11) is 1.39. The van der Waals surface area contributed by atoms with E-state index in [1.165, 1.54) is 14.0 Å². The highest BCUT2D eigenvalue weighted by Gasteiger charge is 2.59. The Morgan fingerprint density at radius 1 is 1.31 bits per heavy atom. The topological polar surface area (TPSA) is 89.9 Å². The van der Waals surface area contributed by atoms with Crippen molar-refractivity contribution >= 4 is 17.7 Å². The van der Waals surface area contributed by atoms with Crippen molar-refractivity contribution in [1.29, 1.82) is 0 Å². The number of fused-ring (bicyclic) bond motifs is 1. The number of rotatable bonds is 6. The van der Waals surface area contributed by atoms with Gasteiger partial charge in [0.25, 0.3) is 0 Å². The lowest BCUT2D eigenvalue weighted by molar-refractivity contribution is -0.172. The third-order valence-electron chi connectivity index (χ3n) is 7.89. The van der Waals surface area contributed by atoms with Gasteiger partial charge in [0, 0.05) is 19.8 Å². The average Bonchev–Trinajstić information content (AvgIpc) is 2.65. The molecule has 0 radical (unpaired) electrons. The summed E-state index contributed by atoms with van der Waals surface area (Å²) in [4.78, 5) is 35.9. The molecule has 1 N–H and O–H groups in total. The lowest BCUT2D eigenvalue weighted by Crippen LogP contribution is -2.57. The number of methoxy groups -OCH3 is 1. The van der Waals surface area contributed by atoms with Gasteiger partial charge in [-0.25, -0.2) is 0 Å². The molecular weight excluding hydrogens is 372 g/mol. The van der Waals surface area contributed by atoms with Crippen molar-refractivity contribution < 1.29 is 29.0 Å². The summed E-state index contributed by atoms with van der Waals surface area (Å²) in [5, 5.41) is 10.4. The molecule has 6 heteroatoms. The largest absolute Gasteiger partial charge is 0.504 e. The van der Waals surface area contributed by atoms with Gasteiger partial charge in [-0.3, -0.25) is 14.4 Å². The highest BCUT2D eigenvalue weighted by atomic mass is 16.5. The van der Waals surface area contributed by atoms with Gasteiger partial charge in [-0.15, -0.1) is 0 Å². The van der Waals surface area contributed by atoms with Crippen molar-refractivity contribution in [2.24, 2.45) is 28.6 Å². The molecule has 2 aliphatic rings. The molecule has 164 valence electrons. The fourth-order valence-electron chi connectivity index (χ4n) is 5.63. The van der Waals surface area contributed by atoms with Crippen LogP contribution < -0.4 is 0 Å². The van der Waals surface area contributed by atoms with E-state index >= 15 is 0 Å². The monoisotopic (exact) mass is 408 g/mol. The number of Topliss-reactive ketones (excluding diaryl/α,β-unsaturated/α-hetero) is 1. The van der Waals surface area contributed by atoms with Gasteiger partial charge in [-0.05, 0) is 60.3 Å². The Bertz CT molecular complexity index is 710. The fourth-order valence-corrected chi connectivity index (χ4v) is 5.63. The van der Waals surface area contributed by atoms with E-state index in [0.717, 1.165) is 12.8 Å². The van der Waals surface area contributed by atoms with E-state index in [1.807, 2.05) is 13.8 Å². The third kappa shape index (κ3) is 4.36. The Kier molecular flexibility index (Phi) is 6.86. The Labute approximate surface area is 174 Å². The second-order valence-corrected chi connectivity index (χ2v) is 9.64. The molecule has 6 atom stereocenters. The number of esters is 2. The first-order valence-electron chi connectivity index (χ1n) is 10.5. The minimum absolute atomic E-state index is 0.0329. The number of ether oxygens (including phenoxy) is 2. The van der Waals surface area contributed by atoms with Crippen LogP contribution >= 0.6 is 0 Å². The molecule has 0 amide bonds. The minimum atomic E-state index is -0.426. The van der Waals surface area contributed by atoms with Crippen LogP contribution in [0.3, 0.4) is 0 Å². The van der Waals surface area contributed by atoms with E-state index in [4.69, 9.17) is 9.47 Å². The van der Waals surface area contributed by atoms with E-state index in [0.29, 0.717) is 24.8 Å². The molecule has 0 bridgehead atoms. The lowest BCUT2D eigenvalue weighted by atomic mass is 9.45. The zero-order chi connectivity index (χ0) is 22.1. The van der Waals surface area contributed by atoms with Crippen molar-refractivity contribution in [2.75, 3.05) is 7.11 Å². The van der Waals surface area contributed by atoms with Gasteiger partial charge >= 0.3 is 11.9 Å². The molecule has 0 heterocycles. The van der Waals surface area contributed by atoms with Crippen LogP contribution in [-0.2, 0) is 23.9 Å². The Balaban J connectivity index is 2.39. The number of aliphatic hydroxyl groups excluding tert-OH is 1. The first kappa shape index (κ1) is 23.4. The molecule has 0 aromatic rings. The number of carbonyl (C=O) groups is 3. The van der Waals surface area contributed by atoms with E-state index < -0.39 is 5.41 Å². The van der Waals surface area contributed by atoms with Crippen molar-refractivity contribution in [2.45, 2.75) is 79.8 Å². The molecule has 0 aromatic carbocycles. The highest BCUT2D eigenvalue weighted by molar-refractivity contribution is 5.95. The summed E-state index contributed by atoms with van der Waals surface area (Å²) in [5.74, 6) is -0.655. The summed E-state index contributed by atoms with van der Waals surface area (Å²) >= 11 is 0. The molecule has 29 heavy (non-hydrogen) atoms. The van der Waals surface area contributed by atoms with Crippen LogP contribution in [0.15, 0.2) is 11.3 Å². The highest BCUT2D eigenvalue weighted by Crippen LogP contribution is 2.62. The summed E-state index contributed by atoms with van der Waals surface area (Å²) in [6.07, 6.45) is 2.55. The predicted molar refractivity (Wildman–Crippen MR) is 109 cm³/mol.